The van der Waals surface area contributed by atoms with Crippen LogP contribution in [-0.2, 0) is 4.79 Å². The van der Waals surface area contributed by atoms with Crippen LogP contribution in [0.2, 0.25) is 0 Å². The van der Waals surface area contributed by atoms with Gasteiger partial charge in [0.15, 0.2) is 5.82 Å². The average Bonchev–Trinajstić information content (AvgIpc) is 2.77. The van der Waals surface area contributed by atoms with E-state index in [0.717, 1.165) is 40.9 Å². The number of carbonyl (C=O) groups excluding carboxylic acids is 1. The summed E-state index contributed by atoms with van der Waals surface area (Å²) in [6, 6.07) is 15.4. The molecule has 1 amide bonds. The van der Waals surface area contributed by atoms with Crippen LogP contribution >= 0.6 is 15.9 Å². The van der Waals surface area contributed by atoms with Crippen LogP contribution in [0.3, 0.4) is 0 Å². The van der Waals surface area contributed by atoms with Gasteiger partial charge in [0.2, 0.25) is 5.91 Å². The number of aromatic nitrogens is 2. The highest BCUT2D eigenvalue weighted by molar-refractivity contribution is 9.10. The van der Waals surface area contributed by atoms with E-state index in [4.69, 9.17) is 4.74 Å². The highest BCUT2D eigenvalue weighted by atomic mass is 79.9. The Morgan fingerprint density at radius 1 is 1.13 bits per heavy atom. The quantitative estimate of drug-likeness (QED) is 0.559. The third-order valence-corrected chi connectivity index (χ3v) is 5.68. The Morgan fingerprint density at radius 3 is 2.70 bits per heavy atom. The minimum absolute atomic E-state index is 0.0206. The monoisotopic (exact) mass is 466 g/mol. The van der Waals surface area contributed by atoms with E-state index in [1.54, 1.807) is 12.4 Å². The second kappa shape index (κ2) is 9.26. The fraction of sp³-hybridized carbons (Fsp3) is 0.261. The molecule has 0 spiro atoms. The molecule has 2 aromatic carbocycles. The van der Waals surface area contributed by atoms with Gasteiger partial charge in [0, 0.05) is 35.6 Å². The summed E-state index contributed by atoms with van der Waals surface area (Å²) in [5.74, 6) is 1.77. The number of benzene rings is 2. The van der Waals surface area contributed by atoms with Gasteiger partial charge in [-0.2, -0.15) is 0 Å². The number of para-hydroxylation sites is 1. The van der Waals surface area contributed by atoms with Crippen LogP contribution in [0.1, 0.15) is 18.4 Å². The van der Waals surface area contributed by atoms with Crippen molar-refractivity contribution in [3.05, 3.63) is 71.0 Å². The second-order valence-corrected chi connectivity index (χ2v) is 8.25. The maximum absolute atomic E-state index is 12.8. The minimum Gasteiger partial charge on any atom is -0.436 e. The fourth-order valence-corrected chi connectivity index (χ4v) is 3.81. The lowest BCUT2D eigenvalue weighted by Crippen LogP contribution is -2.41. The van der Waals surface area contributed by atoms with Crippen LogP contribution in [0.4, 0.5) is 11.5 Å². The van der Waals surface area contributed by atoms with Gasteiger partial charge >= 0.3 is 0 Å². The topological polar surface area (TPSA) is 67.4 Å². The van der Waals surface area contributed by atoms with Crippen LogP contribution < -0.4 is 15.0 Å². The van der Waals surface area contributed by atoms with Crippen molar-refractivity contribution in [3.8, 4) is 11.6 Å². The van der Waals surface area contributed by atoms with Crippen molar-refractivity contribution in [3.63, 3.8) is 0 Å². The summed E-state index contributed by atoms with van der Waals surface area (Å²) < 4.78 is 7.06. The average molecular weight is 467 g/mol. The van der Waals surface area contributed by atoms with Gasteiger partial charge in [0.25, 0.3) is 5.88 Å². The molecule has 1 saturated heterocycles. The van der Waals surface area contributed by atoms with Crippen LogP contribution in [0.15, 0.2) is 65.4 Å². The number of nitrogens with zero attached hydrogens (tertiary/aromatic N) is 3. The number of amides is 1. The van der Waals surface area contributed by atoms with Crippen LogP contribution in [0, 0.1) is 12.8 Å². The van der Waals surface area contributed by atoms with Crippen molar-refractivity contribution in [2.45, 2.75) is 19.8 Å². The fourth-order valence-electron chi connectivity index (χ4n) is 3.54. The normalized spacial score (nSPS) is 16.2. The van der Waals surface area contributed by atoms with Gasteiger partial charge < -0.3 is 15.0 Å². The summed E-state index contributed by atoms with van der Waals surface area (Å²) in [6.45, 7) is 3.38. The van der Waals surface area contributed by atoms with E-state index in [0.29, 0.717) is 18.2 Å². The Balaban J connectivity index is 1.49. The van der Waals surface area contributed by atoms with Gasteiger partial charge in [-0.3, -0.25) is 4.79 Å². The largest absolute Gasteiger partial charge is 0.436 e. The summed E-state index contributed by atoms with van der Waals surface area (Å²) in [6.07, 6.45) is 5.02. The van der Waals surface area contributed by atoms with Gasteiger partial charge in [-0.1, -0.05) is 34.1 Å². The highest BCUT2D eigenvalue weighted by Crippen LogP contribution is 2.32. The molecular weight excluding hydrogens is 444 g/mol. The lowest BCUT2D eigenvalue weighted by atomic mass is 9.97. The molecule has 0 aliphatic carbocycles. The summed E-state index contributed by atoms with van der Waals surface area (Å²) in [5.41, 5.74) is 1.82. The van der Waals surface area contributed by atoms with E-state index >= 15 is 0 Å². The second-order valence-electron chi connectivity index (χ2n) is 7.33. The number of aryl methyl sites for hydroxylation is 1. The number of halogens is 1. The molecule has 1 N–H and O–H groups in total. The number of piperidine rings is 1. The molecule has 1 aliphatic rings. The third-order valence-electron chi connectivity index (χ3n) is 5.15. The summed E-state index contributed by atoms with van der Waals surface area (Å²) in [4.78, 5) is 23.8. The third kappa shape index (κ3) is 4.79. The molecule has 154 valence electrons. The lowest BCUT2D eigenvalue weighted by molar-refractivity contribution is -0.120. The Bertz CT molecular complexity index is 1030. The van der Waals surface area contributed by atoms with Gasteiger partial charge in [-0.05, 0) is 55.7 Å². The number of hydrogen-bond donors (Lipinski definition) is 1. The molecule has 4 rings (SSSR count). The first-order valence-corrected chi connectivity index (χ1v) is 10.8. The van der Waals surface area contributed by atoms with Crippen molar-refractivity contribution in [1.29, 1.82) is 0 Å². The molecule has 1 atom stereocenters. The summed E-state index contributed by atoms with van der Waals surface area (Å²) in [7, 11) is 0. The minimum atomic E-state index is -0.129. The van der Waals surface area contributed by atoms with Crippen molar-refractivity contribution in [1.82, 2.24) is 9.97 Å². The van der Waals surface area contributed by atoms with Crippen molar-refractivity contribution in [2.75, 3.05) is 23.3 Å². The summed E-state index contributed by atoms with van der Waals surface area (Å²) >= 11 is 3.41. The van der Waals surface area contributed by atoms with Gasteiger partial charge in [0.05, 0.1) is 5.92 Å². The molecule has 0 saturated carbocycles. The molecule has 2 heterocycles. The number of nitrogens with one attached hydrogen (secondary N) is 1. The molecule has 3 aromatic rings. The van der Waals surface area contributed by atoms with Crippen molar-refractivity contribution < 1.29 is 9.53 Å². The molecule has 30 heavy (non-hydrogen) atoms. The van der Waals surface area contributed by atoms with Crippen molar-refractivity contribution in [2.24, 2.45) is 5.92 Å². The molecule has 0 radical (unpaired) electrons. The van der Waals surface area contributed by atoms with E-state index in [9.17, 15) is 4.79 Å². The molecule has 1 aliphatic heterocycles. The Labute approximate surface area is 184 Å². The zero-order chi connectivity index (χ0) is 20.9. The molecule has 0 bridgehead atoms. The maximum atomic E-state index is 12.8. The van der Waals surface area contributed by atoms with Crippen LogP contribution in [-0.4, -0.2) is 29.0 Å². The maximum Gasteiger partial charge on any atom is 0.263 e. The molecule has 1 fully saturated rings. The van der Waals surface area contributed by atoms with Crippen LogP contribution in [0.5, 0.6) is 11.6 Å². The number of ether oxygens (including phenoxy) is 1. The standard InChI is InChI=1S/C23H23BrN4O2/c1-16-5-2-3-7-20(16)30-23-21(25-12-13-26-23)28-14-4-6-17(15-28)22(29)27-19-10-8-18(24)9-11-19/h2-3,5,7-13,17H,4,6,14-15H2,1H3,(H,27,29)/t17-/m1/s1. The molecule has 7 heteroatoms. The number of hydrogen-bond acceptors (Lipinski definition) is 5. The predicted molar refractivity (Wildman–Crippen MR) is 121 cm³/mol. The number of anilines is 2. The Morgan fingerprint density at radius 2 is 1.90 bits per heavy atom. The van der Waals surface area contributed by atoms with Crippen LogP contribution in [0.25, 0.3) is 0 Å². The zero-order valence-corrected chi connectivity index (χ0v) is 18.3. The van der Waals surface area contributed by atoms with E-state index in [1.807, 2.05) is 55.5 Å². The van der Waals surface area contributed by atoms with E-state index in [1.165, 1.54) is 0 Å². The first kappa shape index (κ1) is 20.3. The summed E-state index contributed by atoms with van der Waals surface area (Å²) in [5, 5.41) is 3.02. The van der Waals surface area contributed by atoms with Gasteiger partial charge in [-0.15, -0.1) is 0 Å². The molecule has 0 unspecified atom stereocenters. The van der Waals surface area contributed by atoms with Gasteiger partial charge in [-0.25, -0.2) is 9.97 Å². The predicted octanol–water partition coefficient (Wildman–Crippen LogP) is 5.19. The SMILES string of the molecule is Cc1ccccc1Oc1nccnc1N1CCC[C@@H](C(=O)Nc2ccc(Br)cc2)C1. The zero-order valence-electron chi connectivity index (χ0n) is 16.7. The van der Waals surface area contributed by atoms with E-state index in [-0.39, 0.29) is 11.8 Å². The highest BCUT2D eigenvalue weighted by Gasteiger charge is 2.28. The van der Waals surface area contributed by atoms with Crippen molar-refractivity contribution >= 4 is 33.3 Å². The Hall–Kier alpha value is -2.93. The number of carbonyl (C=O) groups is 1. The number of rotatable bonds is 5. The van der Waals surface area contributed by atoms with E-state index in [2.05, 4.69) is 36.1 Å². The van der Waals surface area contributed by atoms with E-state index < -0.39 is 0 Å². The molecular formula is C23H23BrN4O2. The lowest BCUT2D eigenvalue weighted by Gasteiger charge is -2.33. The smallest absolute Gasteiger partial charge is 0.263 e. The first-order valence-electron chi connectivity index (χ1n) is 9.96. The first-order chi connectivity index (χ1) is 14.6. The Kier molecular flexibility index (Phi) is 6.28. The molecule has 1 aromatic heterocycles. The molecule has 6 nitrogen and oxygen atoms in total. The van der Waals surface area contributed by atoms with Gasteiger partial charge in [0.1, 0.15) is 5.75 Å².